The number of phenolic OH excluding ortho intramolecular Hbond substituents is 3. The van der Waals surface area contributed by atoms with Crippen LogP contribution in [0.5, 0.6) is 17.2 Å². The molecule has 0 saturated heterocycles. The van der Waals surface area contributed by atoms with Crippen molar-refractivity contribution in [1.82, 2.24) is 0 Å². The molecule has 0 spiro atoms. The molecule has 0 saturated carbocycles. The SMILES string of the molecule is NC(C(=O)O)C(N=O)c1c(O)cc(O)cc1O. The maximum Gasteiger partial charge on any atom is 0.323 e. The lowest BCUT2D eigenvalue weighted by Gasteiger charge is -2.16. The first kappa shape index (κ1) is 12.7. The maximum atomic E-state index is 10.6. The maximum absolute atomic E-state index is 10.6. The zero-order valence-corrected chi connectivity index (χ0v) is 8.44. The van der Waals surface area contributed by atoms with Crippen molar-refractivity contribution in [2.75, 3.05) is 0 Å². The van der Waals surface area contributed by atoms with Crippen LogP contribution in [0.15, 0.2) is 17.3 Å². The van der Waals surface area contributed by atoms with Gasteiger partial charge in [-0.05, 0) is 0 Å². The molecule has 6 N–H and O–H groups in total. The lowest BCUT2D eigenvalue weighted by Crippen LogP contribution is -2.35. The fourth-order valence-corrected chi connectivity index (χ4v) is 1.34. The number of nitroso groups, excluding NO2 is 1. The van der Waals surface area contributed by atoms with Gasteiger partial charge in [0.05, 0.1) is 5.56 Å². The van der Waals surface area contributed by atoms with Crippen molar-refractivity contribution < 1.29 is 25.2 Å². The van der Waals surface area contributed by atoms with Crippen LogP contribution in [-0.4, -0.2) is 32.4 Å². The number of phenols is 3. The molecule has 8 nitrogen and oxygen atoms in total. The summed E-state index contributed by atoms with van der Waals surface area (Å²) >= 11 is 0. The highest BCUT2D eigenvalue weighted by molar-refractivity contribution is 5.75. The fourth-order valence-electron chi connectivity index (χ4n) is 1.34. The van der Waals surface area contributed by atoms with Gasteiger partial charge in [-0.25, -0.2) is 0 Å². The molecule has 0 radical (unpaired) electrons. The highest BCUT2D eigenvalue weighted by atomic mass is 16.4. The van der Waals surface area contributed by atoms with Gasteiger partial charge in [0.25, 0.3) is 0 Å². The van der Waals surface area contributed by atoms with Gasteiger partial charge in [0, 0.05) is 12.1 Å². The van der Waals surface area contributed by atoms with Crippen molar-refractivity contribution in [2.45, 2.75) is 12.1 Å². The van der Waals surface area contributed by atoms with Crippen LogP contribution in [0.1, 0.15) is 11.6 Å². The van der Waals surface area contributed by atoms with Gasteiger partial charge in [0.1, 0.15) is 29.3 Å². The van der Waals surface area contributed by atoms with Crippen molar-refractivity contribution in [2.24, 2.45) is 10.9 Å². The largest absolute Gasteiger partial charge is 0.508 e. The summed E-state index contributed by atoms with van der Waals surface area (Å²) in [5.41, 5.74) is 4.76. The van der Waals surface area contributed by atoms with Gasteiger partial charge in [0.2, 0.25) is 0 Å². The van der Waals surface area contributed by atoms with Crippen LogP contribution in [0.25, 0.3) is 0 Å². The van der Waals surface area contributed by atoms with E-state index in [-0.39, 0.29) is 0 Å². The van der Waals surface area contributed by atoms with Crippen molar-refractivity contribution >= 4 is 5.97 Å². The standard InChI is InChI=1S/C9H10N2O6/c10-7(9(15)16)8(11-17)6-4(13)1-3(12)2-5(6)14/h1-2,7-8,12-14H,10H2,(H,15,16). The summed E-state index contributed by atoms with van der Waals surface area (Å²) in [5.74, 6) is -3.29. The van der Waals surface area contributed by atoms with E-state index in [1.807, 2.05) is 0 Å². The zero-order valence-electron chi connectivity index (χ0n) is 8.44. The van der Waals surface area contributed by atoms with Gasteiger partial charge in [-0.2, -0.15) is 4.91 Å². The lowest BCUT2D eigenvalue weighted by atomic mass is 9.98. The van der Waals surface area contributed by atoms with Crippen LogP contribution in [0.4, 0.5) is 0 Å². The molecule has 17 heavy (non-hydrogen) atoms. The number of aromatic hydroxyl groups is 3. The van der Waals surface area contributed by atoms with E-state index in [0.717, 1.165) is 12.1 Å². The number of aliphatic carboxylic acids is 1. The smallest absolute Gasteiger partial charge is 0.323 e. The molecular weight excluding hydrogens is 232 g/mol. The van der Waals surface area contributed by atoms with Gasteiger partial charge in [-0.15, -0.1) is 0 Å². The lowest BCUT2D eigenvalue weighted by molar-refractivity contribution is -0.139. The van der Waals surface area contributed by atoms with Crippen LogP contribution < -0.4 is 5.73 Å². The summed E-state index contributed by atoms with van der Waals surface area (Å²) in [4.78, 5) is 21.2. The molecule has 0 aliphatic rings. The monoisotopic (exact) mass is 242 g/mol. The Hall–Kier alpha value is -2.35. The Labute approximate surface area is 94.9 Å². The Morgan fingerprint density at radius 2 is 1.71 bits per heavy atom. The van der Waals surface area contributed by atoms with Crippen LogP contribution in [-0.2, 0) is 4.79 Å². The molecule has 0 fully saturated rings. The third-order valence-corrected chi connectivity index (χ3v) is 2.16. The van der Waals surface area contributed by atoms with Crippen molar-refractivity contribution in [3.8, 4) is 17.2 Å². The number of carboxylic acids is 1. The molecule has 0 amide bonds. The quantitative estimate of drug-likeness (QED) is 0.466. The summed E-state index contributed by atoms with van der Waals surface area (Å²) in [6.45, 7) is 0. The summed E-state index contributed by atoms with van der Waals surface area (Å²) in [6, 6.07) is -1.70. The second-order valence-corrected chi connectivity index (χ2v) is 3.31. The minimum atomic E-state index is -1.71. The molecule has 1 aromatic carbocycles. The van der Waals surface area contributed by atoms with E-state index in [4.69, 9.17) is 15.9 Å². The van der Waals surface area contributed by atoms with Gasteiger partial charge in [0.15, 0.2) is 0 Å². The molecule has 0 heterocycles. The van der Waals surface area contributed by atoms with Crippen LogP contribution in [0.2, 0.25) is 0 Å². The second-order valence-electron chi connectivity index (χ2n) is 3.31. The van der Waals surface area contributed by atoms with E-state index in [1.165, 1.54) is 0 Å². The van der Waals surface area contributed by atoms with Gasteiger partial charge in [-0.3, -0.25) is 4.79 Å². The van der Waals surface area contributed by atoms with Gasteiger partial charge < -0.3 is 26.2 Å². The molecule has 92 valence electrons. The third-order valence-electron chi connectivity index (χ3n) is 2.16. The molecule has 1 rings (SSSR count). The Morgan fingerprint density at radius 3 is 2.06 bits per heavy atom. The molecule has 8 heteroatoms. The molecule has 0 aromatic heterocycles. The molecule has 0 aliphatic heterocycles. The molecule has 0 bridgehead atoms. The first-order valence-electron chi connectivity index (χ1n) is 4.44. The number of nitrogens with two attached hydrogens (primary N) is 1. The van der Waals surface area contributed by atoms with E-state index >= 15 is 0 Å². The highest BCUT2D eigenvalue weighted by Crippen LogP contribution is 2.39. The number of nitrogens with zero attached hydrogens (tertiary/aromatic N) is 1. The first-order valence-corrected chi connectivity index (χ1v) is 4.44. The van der Waals surface area contributed by atoms with Crippen molar-refractivity contribution in [1.29, 1.82) is 0 Å². The predicted molar refractivity (Wildman–Crippen MR) is 55.6 cm³/mol. The topological polar surface area (TPSA) is 153 Å². The fraction of sp³-hybridized carbons (Fsp3) is 0.222. The average Bonchev–Trinajstić information content (AvgIpc) is 2.21. The molecular formula is C9H10N2O6. The number of carboxylic acid groups (broad SMARTS) is 1. The van der Waals surface area contributed by atoms with E-state index in [1.54, 1.807) is 0 Å². The minimum absolute atomic E-state index is 0.437. The Morgan fingerprint density at radius 1 is 1.24 bits per heavy atom. The highest BCUT2D eigenvalue weighted by Gasteiger charge is 2.31. The summed E-state index contributed by atoms with van der Waals surface area (Å²) in [6.07, 6.45) is 0. The summed E-state index contributed by atoms with van der Waals surface area (Å²) in [7, 11) is 0. The van der Waals surface area contributed by atoms with E-state index < -0.39 is 40.9 Å². The van der Waals surface area contributed by atoms with Gasteiger partial charge >= 0.3 is 5.97 Å². The first-order chi connectivity index (χ1) is 7.88. The zero-order chi connectivity index (χ0) is 13.2. The molecule has 1 aromatic rings. The Balaban J connectivity index is 3.30. The van der Waals surface area contributed by atoms with Crippen LogP contribution >= 0.6 is 0 Å². The number of hydrogen-bond acceptors (Lipinski definition) is 7. The number of rotatable bonds is 4. The van der Waals surface area contributed by atoms with Crippen molar-refractivity contribution in [3.63, 3.8) is 0 Å². The summed E-state index contributed by atoms with van der Waals surface area (Å²) < 4.78 is 0. The number of hydrogen-bond donors (Lipinski definition) is 5. The average molecular weight is 242 g/mol. The molecule has 0 aliphatic carbocycles. The Kier molecular flexibility index (Phi) is 3.49. The van der Waals surface area contributed by atoms with E-state index in [9.17, 15) is 19.9 Å². The van der Waals surface area contributed by atoms with Crippen LogP contribution in [0.3, 0.4) is 0 Å². The molecule has 2 atom stereocenters. The van der Waals surface area contributed by atoms with E-state index in [0.29, 0.717) is 0 Å². The third kappa shape index (κ3) is 2.42. The minimum Gasteiger partial charge on any atom is -0.508 e. The molecule has 2 unspecified atom stereocenters. The van der Waals surface area contributed by atoms with E-state index in [2.05, 4.69) is 5.18 Å². The normalized spacial score (nSPS) is 13.9. The predicted octanol–water partition coefficient (Wildman–Crippen LogP) is 0.0228. The van der Waals surface area contributed by atoms with Crippen LogP contribution in [0, 0.1) is 4.91 Å². The second kappa shape index (κ2) is 4.66. The Bertz CT molecular complexity index is 438. The van der Waals surface area contributed by atoms with Crippen molar-refractivity contribution in [3.05, 3.63) is 22.6 Å². The van der Waals surface area contributed by atoms with Gasteiger partial charge in [-0.1, -0.05) is 5.18 Å². The summed E-state index contributed by atoms with van der Waals surface area (Å²) in [5, 5.41) is 39.0. The number of benzene rings is 1. The number of carbonyl (C=O) groups is 1.